The summed E-state index contributed by atoms with van der Waals surface area (Å²) in [6.07, 6.45) is 0. The maximum atomic E-state index is 13.6. The lowest BCUT2D eigenvalue weighted by Gasteiger charge is -2.07. The van der Waals surface area contributed by atoms with Crippen LogP contribution < -0.4 is 10.9 Å². The first-order valence-corrected chi connectivity index (χ1v) is 10.1. The van der Waals surface area contributed by atoms with Crippen LogP contribution in [-0.2, 0) is 10.5 Å². The second kappa shape index (κ2) is 9.52. The highest BCUT2D eigenvalue weighted by Crippen LogP contribution is 2.22. The number of amides is 1. The number of para-hydroxylation sites is 1. The minimum Gasteiger partial charge on any atom is -0.320 e. The summed E-state index contributed by atoms with van der Waals surface area (Å²) >= 11 is 2.51. The number of H-pyrrole nitrogens is 1. The van der Waals surface area contributed by atoms with Crippen molar-refractivity contribution >= 4 is 35.1 Å². The summed E-state index contributed by atoms with van der Waals surface area (Å²) in [5, 5.41) is 2.46. The number of anilines is 1. The Kier molecular flexibility index (Phi) is 6.83. The van der Waals surface area contributed by atoms with E-state index < -0.39 is 23.2 Å². The van der Waals surface area contributed by atoms with E-state index in [2.05, 4.69) is 15.3 Å². The molecule has 144 valence electrons. The lowest BCUT2D eigenvalue weighted by Crippen LogP contribution is -2.17. The van der Waals surface area contributed by atoms with E-state index in [-0.39, 0.29) is 16.5 Å². The molecule has 2 aromatic carbocycles. The molecule has 0 fully saturated rings. The van der Waals surface area contributed by atoms with Crippen LogP contribution in [0.4, 0.5) is 14.5 Å². The number of halogens is 2. The third-order valence-electron chi connectivity index (χ3n) is 3.47. The van der Waals surface area contributed by atoms with Crippen LogP contribution in [0.1, 0.15) is 5.69 Å². The van der Waals surface area contributed by atoms with Gasteiger partial charge in [0, 0.05) is 16.7 Å². The number of hydrogen-bond acceptors (Lipinski definition) is 5. The summed E-state index contributed by atoms with van der Waals surface area (Å²) in [7, 11) is 0. The topological polar surface area (TPSA) is 74.8 Å². The molecule has 0 aliphatic rings. The van der Waals surface area contributed by atoms with E-state index in [4.69, 9.17) is 0 Å². The van der Waals surface area contributed by atoms with Gasteiger partial charge in [-0.05, 0) is 24.3 Å². The van der Waals surface area contributed by atoms with E-state index >= 15 is 0 Å². The number of aromatic nitrogens is 2. The summed E-state index contributed by atoms with van der Waals surface area (Å²) in [5.41, 5.74) is -0.259. The first kappa shape index (κ1) is 20.1. The summed E-state index contributed by atoms with van der Waals surface area (Å²) in [6, 6.07) is 14.4. The van der Waals surface area contributed by atoms with Crippen LogP contribution in [0.15, 0.2) is 69.4 Å². The Morgan fingerprint density at radius 3 is 2.46 bits per heavy atom. The van der Waals surface area contributed by atoms with Crippen LogP contribution in [0, 0.1) is 11.6 Å². The fourth-order valence-corrected chi connectivity index (χ4v) is 3.73. The molecule has 1 heterocycles. The van der Waals surface area contributed by atoms with Crippen LogP contribution in [0.2, 0.25) is 0 Å². The molecule has 0 bridgehead atoms. The predicted molar refractivity (Wildman–Crippen MR) is 107 cm³/mol. The second-order valence-corrected chi connectivity index (χ2v) is 7.59. The number of nitrogens with zero attached hydrogens (tertiary/aromatic N) is 1. The SMILES string of the molecule is O=C(CSc1nc(CSc2ccccc2)cc(=O)[nH]1)Nc1c(F)cccc1F. The number of aromatic amines is 1. The van der Waals surface area contributed by atoms with Gasteiger partial charge in [-0.25, -0.2) is 13.8 Å². The first-order chi connectivity index (χ1) is 13.5. The van der Waals surface area contributed by atoms with Crippen molar-refractivity contribution in [1.82, 2.24) is 9.97 Å². The van der Waals surface area contributed by atoms with Gasteiger partial charge in [0.25, 0.3) is 5.56 Å². The third kappa shape index (κ3) is 5.67. The molecule has 9 heteroatoms. The Balaban J connectivity index is 1.60. The van der Waals surface area contributed by atoms with Gasteiger partial charge in [-0.2, -0.15) is 0 Å². The number of rotatable bonds is 7. The molecule has 0 unspecified atom stereocenters. The van der Waals surface area contributed by atoms with Gasteiger partial charge in [-0.15, -0.1) is 11.8 Å². The number of benzene rings is 2. The highest BCUT2D eigenvalue weighted by Gasteiger charge is 2.13. The number of carbonyl (C=O) groups excluding carboxylic acids is 1. The lowest BCUT2D eigenvalue weighted by atomic mass is 10.3. The molecule has 5 nitrogen and oxygen atoms in total. The molecule has 1 aromatic heterocycles. The number of thioether (sulfide) groups is 2. The molecule has 3 rings (SSSR count). The minimum absolute atomic E-state index is 0.161. The molecule has 0 aliphatic heterocycles. The lowest BCUT2D eigenvalue weighted by molar-refractivity contribution is -0.113. The smallest absolute Gasteiger partial charge is 0.251 e. The van der Waals surface area contributed by atoms with Crippen LogP contribution in [0.5, 0.6) is 0 Å². The molecular formula is C19H15F2N3O2S2. The van der Waals surface area contributed by atoms with Crippen molar-refractivity contribution in [1.29, 1.82) is 0 Å². The third-order valence-corrected chi connectivity index (χ3v) is 5.39. The summed E-state index contributed by atoms with van der Waals surface area (Å²) in [5.74, 6) is -1.99. The molecule has 0 saturated carbocycles. The van der Waals surface area contributed by atoms with E-state index in [9.17, 15) is 18.4 Å². The highest BCUT2D eigenvalue weighted by atomic mass is 32.2. The van der Waals surface area contributed by atoms with Gasteiger partial charge < -0.3 is 10.3 Å². The quantitative estimate of drug-likeness (QED) is 0.446. The van der Waals surface area contributed by atoms with Gasteiger partial charge in [-0.1, -0.05) is 36.0 Å². The minimum atomic E-state index is -0.857. The van der Waals surface area contributed by atoms with E-state index in [1.54, 1.807) is 0 Å². The van der Waals surface area contributed by atoms with Gasteiger partial charge in [0.1, 0.15) is 17.3 Å². The highest BCUT2D eigenvalue weighted by molar-refractivity contribution is 7.99. The van der Waals surface area contributed by atoms with E-state index in [1.807, 2.05) is 30.3 Å². The average molecular weight is 419 g/mol. The standard InChI is InChI=1S/C19H15F2N3O2S2/c20-14-7-4-8-15(21)18(14)23-17(26)11-28-19-22-12(9-16(25)24-19)10-27-13-5-2-1-3-6-13/h1-9H,10-11H2,(H,23,26)(H,22,24,25). The van der Waals surface area contributed by atoms with Crippen molar-refractivity contribution in [3.05, 3.63) is 82.3 Å². The molecule has 0 atom stereocenters. The Morgan fingerprint density at radius 2 is 1.75 bits per heavy atom. The Morgan fingerprint density at radius 1 is 1.04 bits per heavy atom. The Bertz CT molecular complexity index is 1010. The van der Waals surface area contributed by atoms with Gasteiger partial charge in [-0.3, -0.25) is 9.59 Å². The van der Waals surface area contributed by atoms with Crippen molar-refractivity contribution in [3.8, 4) is 0 Å². The van der Waals surface area contributed by atoms with Crippen LogP contribution in [0.3, 0.4) is 0 Å². The van der Waals surface area contributed by atoms with Crippen LogP contribution >= 0.6 is 23.5 Å². The predicted octanol–water partition coefficient (Wildman–Crippen LogP) is 4.07. The molecule has 0 aliphatic carbocycles. The normalized spacial score (nSPS) is 10.6. The van der Waals surface area contributed by atoms with Crippen molar-refractivity contribution in [2.45, 2.75) is 15.8 Å². The second-order valence-electron chi connectivity index (χ2n) is 5.58. The molecule has 0 radical (unpaired) electrons. The molecule has 3 aromatic rings. The summed E-state index contributed by atoms with van der Waals surface area (Å²) < 4.78 is 27.2. The molecular weight excluding hydrogens is 404 g/mol. The zero-order chi connectivity index (χ0) is 19.9. The fourth-order valence-electron chi connectivity index (χ4n) is 2.23. The molecule has 0 spiro atoms. The Labute approximate surface area is 168 Å². The summed E-state index contributed by atoms with van der Waals surface area (Å²) in [6.45, 7) is 0. The average Bonchev–Trinajstić information content (AvgIpc) is 2.68. The van der Waals surface area contributed by atoms with Gasteiger partial charge >= 0.3 is 0 Å². The zero-order valence-electron chi connectivity index (χ0n) is 14.4. The molecule has 2 N–H and O–H groups in total. The molecule has 0 saturated heterocycles. The van der Waals surface area contributed by atoms with E-state index in [0.29, 0.717) is 11.4 Å². The monoisotopic (exact) mass is 419 g/mol. The fraction of sp³-hybridized carbons (Fsp3) is 0.105. The van der Waals surface area contributed by atoms with Gasteiger partial charge in [0.2, 0.25) is 5.91 Å². The number of hydrogen-bond donors (Lipinski definition) is 2. The number of nitrogens with one attached hydrogen (secondary N) is 2. The van der Waals surface area contributed by atoms with Crippen LogP contribution in [-0.4, -0.2) is 21.6 Å². The maximum absolute atomic E-state index is 13.6. The summed E-state index contributed by atoms with van der Waals surface area (Å²) in [4.78, 5) is 31.7. The Hall–Kier alpha value is -2.65. The van der Waals surface area contributed by atoms with E-state index in [1.165, 1.54) is 23.9 Å². The van der Waals surface area contributed by atoms with Crippen molar-refractivity contribution < 1.29 is 13.6 Å². The van der Waals surface area contributed by atoms with Crippen molar-refractivity contribution in [2.24, 2.45) is 0 Å². The maximum Gasteiger partial charge on any atom is 0.251 e. The zero-order valence-corrected chi connectivity index (χ0v) is 16.1. The van der Waals surface area contributed by atoms with E-state index in [0.717, 1.165) is 28.8 Å². The van der Waals surface area contributed by atoms with Crippen molar-refractivity contribution in [3.63, 3.8) is 0 Å². The molecule has 28 heavy (non-hydrogen) atoms. The van der Waals surface area contributed by atoms with Gasteiger partial charge in [0.15, 0.2) is 5.16 Å². The van der Waals surface area contributed by atoms with Crippen molar-refractivity contribution in [2.75, 3.05) is 11.1 Å². The first-order valence-electron chi connectivity index (χ1n) is 8.16. The van der Waals surface area contributed by atoms with Crippen LogP contribution in [0.25, 0.3) is 0 Å². The molecule has 1 amide bonds. The number of carbonyl (C=O) groups is 1. The van der Waals surface area contributed by atoms with Gasteiger partial charge in [0.05, 0.1) is 11.4 Å². The largest absolute Gasteiger partial charge is 0.320 e.